The zero-order chi connectivity index (χ0) is 33.0. The molecule has 1 aliphatic rings. The van der Waals surface area contributed by atoms with Crippen molar-refractivity contribution in [3.05, 3.63) is 198 Å². The van der Waals surface area contributed by atoms with Crippen molar-refractivity contribution in [2.75, 3.05) is 0 Å². The van der Waals surface area contributed by atoms with Crippen molar-refractivity contribution in [2.45, 2.75) is 12.5 Å². The van der Waals surface area contributed by atoms with E-state index in [0.717, 1.165) is 14.7 Å². The number of aromatic nitrogens is 6. The van der Waals surface area contributed by atoms with Crippen LogP contribution in [0.25, 0.3) is 17.1 Å². The number of aryl methyl sites for hydroxylation is 1. The summed E-state index contributed by atoms with van der Waals surface area (Å²) in [7, 11) is 0. The lowest BCUT2D eigenvalue weighted by Crippen LogP contribution is -2.58. The number of hydrogen-bond donors (Lipinski definition) is 1. The second-order valence-electron chi connectivity index (χ2n) is 11.4. The molecule has 11 nitrogen and oxygen atoms in total. The number of aliphatic imine (C=N–C) groups is 1. The summed E-state index contributed by atoms with van der Waals surface area (Å²) >= 11 is 0. The SMILES string of the molecule is Cc1ccc(N=C2n3c(=O)n(-c4ccccc4)c(=O)n3-c3ccccc3C2(c2ccccc2)n2[nH]c(=O)n(-c3ccccc3)c2=O)cc1. The van der Waals surface area contributed by atoms with E-state index in [1.165, 1.54) is 14.0 Å². The zero-order valence-corrected chi connectivity index (χ0v) is 25.6. The first-order valence-corrected chi connectivity index (χ1v) is 15.3. The summed E-state index contributed by atoms with van der Waals surface area (Å²) in [5.41, 5.74) is -1.000. The summed E-state index contributed by atoms with van der Waals surface area (Å²) in [5.74, 6) is 0.0107. The molecule has 0 radical (unpaired) electrons. The molecule has 48 heavy (non-hydrogen) atoms. The number of hydrogen-bond acceptors (Lipinski definition) is 5. The van der Waals surface area contributed by atoms with Crippen molar-refractivity contribution in [1.82, 2.24) is 28.3 Å². The van der Waals surface area contributed by atoms with Gasteiger partial charge < -0.3 is 0 Å². The Balaban J connectivity index is 1.60. The van der Waals surface area contributed by atoms with Crippen LogP contribution in [0.15, 0.2) is 164 Å². The lowest BCUT2D eigenvalue weighted by molar-refractivity contribution is 0.447. The molecular weight excluding hydrogens is 606 g/mol. The van der Waals surface area contributed by atoms with Gasteiger partial charge in [0.25, 0.3) is 0 Å². The summed E-state index contributed by atoms with van der Waals surface area (Å²) in [6.45, 7) is 1.95. The lowest BCUT2D eigenvalue weighted by atomic mass is 9.79. The highest BCUT2D eigenvalue weighted by Crippen LogP contribution is 2.41. The molecule has 11 heteroatoms. The van der Waals surface area contributed by atoms with Gasteiger partial charge in [0.15, 0.2) is 11.4 Å². The van der Waals surface area contributed by atoms with Crippen molar-refractivity contribution in [3.63, 3.8) is 0 Å². The summed E-state index contributed by atoms with van der Waals surface area (Å²) in [5, 5.41) is 2.81. The van der Waals surface area contributed by atoms with Gasteiger partial charge in [-0.05, 0) is 55.0 Å². The number of fused-ring (bicyclic) bond motifs is 3. The van der Waals surface area contributed by atoms with Gasteiger partial charge >= 0.3 is 22.8 Å². The minimum Gasteiger partial charge on any atom is -0.246 e. The van der Waals surface area contributed by atoms with E-state index < -0.39 is 28.3 Å². The molecule has 0 amide bonds. The molecule has 3 heterocycles. The van der Waals surface area contributed by atoms with E-state index in [-0.39, 0.29) is 5.84 Å². The largest absolute Gasteiger partial charge is 0.358 e. The summed E-state index contributed by atoms with van der Waals surface area (Å²) < 4.78 is 5.80. The number of para-hydroxylation sites is 3. The normalized spacial score (nSPS) is 16.1. The minimum atomic E-state index is -1.75. The third-order valence-corrected chi connectivity index (χ3v) is 8.61. The summed E-state index contributed by atoms with van der Waals surface area (Å²) in [6, 6.07) is 40.6. The monoisotopic (exact) mass is 633 g/mol. The number of aromatic amines is 1. The van der Waals surface area contributed by atoms with Gasteiger partial charge in [-0.25, -0.2) is 43.1 Å². The number of nitrogens with zero attached hydrogens (tertiary/aromatic N) is 6. The highest BCUT2D eigenvalue weighted by Gasteiger charge is 2.52. The third-order valence-electron chi connectivity index (χ3n) is 8.61. The van der Waals surface area contributed by atoms with E-state index in [1.54, 1.807) is 121 Å². The van der Waals surface area contributed by atoms with Crippen LogP contribution in [0.1, 0.15) is 16.7 Å². The van der Waals surface area contributed by atoms with Crippen LogP contribution >= 0.6 is 0 Å². The van der Waals surface area contributed by atoms with Gasteiger partial charge in [0.2, 0.25) is 0 Å². The number of nitrogens with one attached hydrogen (secondary N) is 1. The Bertz CT molecular complexity index is 2590. The molecule has 1 atom stereocenters. The Kier molecular flexibility index (Phi) is 6.55. The van der Waals surface area contributed by atoms with Crippen LogP contribution in [-0.2, 0) is 5.54 Å². The van der Waals surface area contributed by atoms with E-state index in [9.17, 15) is 19.2 Å². The molecule has 0 spiro atoms. The first-order valence-electron chi connectivity index (χ1n) is 15.3. The Hall–Kier alpha value is -6.75. The fourth-order valence-corrected chi connectivity index (χ4v) is 6.47. The molecule has 7 aromatic rings. The predicted octanol–water partition coefficient (Wildman–Crippen LogP) is 4.12. The molecule has 234 valence electrons. The molecule has 0 saturated heterocycles. The van der Waals surface area contributed by atoms with Crippen LogP contribution in [0.4, 0.5) is 5.69 Å². The fourth-order valence-electron chi connectivity index (χ4n) is 6.47. The highest BCUT2D eigenvalue weighted by atomic mass is 16.2. The van der Waals surface area contributed by atoms with Gasteiger partial charge in [-0.2, -0.15) is 9.36 Å². The van der Waals surface area contributed by atoms with Crippen LogP contribution < -0.4 is 22.8 Å². The van der Waals surface area contributed by atoms with Gasteiger partial charge in [-0.1, -0.05) is 103 Å². The highest BCUT2D eigenvalue weighted by molar-refractivity contribution is 6.01. The maximum atomic E-state index is 14.7. The van der Waals surface area contributed by atoms with Gasteiger partial charge in [0, 0.05) is 5.56 Å². The minimum absolute atomic E-state index is 0.0107. The molecule has 0 saturated carbocycles. The molecule has 0 aliphatic carbocycles. The van der Waals surface area contributed by atoms with Crippen LogP contribution in [0, 0.1) is 6.92 Å². The lowest BCUT2D eigenvalue weighted by Gasteiger charge is -2.40. The van der Waals surface area contributed by atoms with Crippen molar-refractivity contribution in [3.8, 4) is 17.1 Å². The molecule has 1 aliphatic heterocycles. The Morgan fingerprint density at radius 2 is 1.10 bits per heavy atom. The second kappa shape index (κ2) is 11.0. The molecular formula is C37H27N7O4. The molecule has 0 fully saturated rings. The van der Waals surface area contributed by atoms with E-state index in [1.807, 2.05) is 25.1 Å². The average Bonchev–Trinajstić information content (AvgIpc) is 3.57. The number of H-pyrrole nitrogens is 1. The summed E-state index contributed by atoms with van der Waals surface area (Å²) in [4.78, 5) is 62.6. The van der Waals surface area contributed by atoms with Crippen LogP contribution in [-0.4, -0.2) is 34.1 Å². The molecule has 1 unspecified atom stereocenters. The Morgan fingerprint density at radius 3 is 1.75 bits per heavy atom. The topological polar surface area (TPSA) is 121 Å². The summed E-state index contributed by atoms with van der Waals surface area (Å²) in [6.07, 6.45) is 0. The fraction of sp³-hybridized carbons (Fsp3) is 0.0541. The maximum absolute atomic E-state index is 14.7. The van der Waals surface area contributed by atoms with Crippen LogP contribution in [0.3, 0.4) is 0 Å². The number of benzene rings is 5. The van der Waals surface area contributed by atoms with Gasteiger partial charge in [-0.15, -0.1) is 0 Å². The van der Waals surface area contributed by atoms with Gasteiger partial charge in [0.1, 0.15) is 0 Å². The van der Waals surface area contributed by atoms with Crippen molar-refractivity contribution in [1.29, 1.82) is 0 Å². The predicted molar refractivity (Wildman–Crippen MR) is 183 cm³/mol. The van der Waals surface area contributed by atoms with E-state index in [4.69, 9.17) is 4.99 Å². The third kappa shape index (κ3) is 4.11. The zero-order valence-electron chi connectivity index (χ0n) is 25.6. The molecule has 0 bridgehead atoms. The smallest absolute Gasteiger partial charge is 0.246 e. The van der Waals surface area contributed by atoms with Crippen LogP contribution in [0.2, 0.25) is 0 Å². The number of rotatable bonds is 5. The van der Waals surface area contributed by atoms with Crippen LogP contribution in [0.5, 0.6) is 0 Å². The second-order valence-corrected chi connectivity index (χ2v) is 11.4. The standard InChI is InChI=1S/C37H27N7O4/c1-25-21-23-27(24-22-25)38-32-37(26-13-5-2-6-14-26,44-36(48)40(33(45)39-44)28-15-7-3-8-16-28)30-19-11-12-20-31(30)42-34(46)41(35(47)43(32)42)29-17-9-4-10-18-29/h2-24H,1H3,(H,39,45). The average molecular weight is 634 g/mol. The van der Waals surface area contributed by atoms with Gasteiger partial charge in [0.05, 0.1) is 22.7 Å². The van der Waals surface area contributed by atoms with E-state index >= 15 is 0 Å². The molecule has 5 aromatic carbocycles. The Labute approximate surface area is 272 Å². The van der Waals surface area contributed by atoms with Crippen molar-refractivity contribution >= 4 is 11.5 Å². The first-order chi connectivity index (χ1) is 23.4. The first kappa shape index (κ1) is 28.7. The molecule has 1 N–H and O–H groups in total. The van der Waals surface area contributed by atoms with Crippen molar-refractivity contribution in [2.24, 2.45) is 4.99 Å². The van der Waals surface area contributed by atoms with Gasteiger partial charge in [-0.3, -0.25) is 0 Å². The van der Waals surface area contributed by atoms with E-state index in [2.05, 4.69) is 5.10 Å². The quantitative estimate of drug-likeness (QED) is 0.307. The maximum Gasteiger partial charge on any atom is 0.358 e. The Morgan fingerprint density at radius 1 is 0.562 bits per heavy atom. The van der Waals surface area contributed by atoms with E-state index in [0.29, 0.717) is 33.9 Å². The van der Waals surface area contributed by atoms with Crippen molar-refractivity contribution < 1.29 is 0 Å². The molecule has 2 aromatic heterocycles. The molecule has 8 rings (SSSR count).